The molecular formula is C19H23N3O7S2. The van der Waals surface area contributed by atoms with Gasteiger partial charge in [-0.15, -0.1) is 0 Å². The van der Waals surface area contributed by atoms with Crippen LogP contribution in [0, 0.1) is 17.0 Å². The Bertz CT molecular complexity index is 1170. The molecular weight excluding hydrogens is 446 g/mol. The van der Waals surface area contributed by atoms with Gasteiger partial charge in [-0.1, -0.05) is 6.07 Å². The number of benzene rings is 2. The summed E-state index contributed by atoms with van der Waals surface area (Å²) in [5.41, 5.74) is -0.220. The van der Waals surface area contributed by atoms with Crippen LogP contribution in [-0.4, -0.2) is 52.3 Å². The van der Waals surface area contributed by atoms with E-state index in [0.717, 1.165) is 0 Å². The van der Waals surface area contributed by atoms with Gasteiger partial charge < -0.3 is 4.74 Å². The molecule has 1 N–H and O–H groups in total. The fourth-order valence-corrected chi connectivity index (χ4v) is 6.52. The molecule has 168 valence electrons. The second-order valence-corrected chi connectivity index (χ2v) is 10.8. The number of rotatable bonds is 7. The summed E-state index contributed by atoms with van der Waals surface area (Å²) in [4.78, 5) is 10.4. The third kappa shape index (κ3) is 4.87. The standard InChI is InChI=1S/C19H23N3O7S2/c1-14-18(22(23)24)4-3-5-19(14)30(25,26)20-15-10-12-21(13-11-15)31(27,28)17-8-6-16(29-2)7-9-17/h3-9,15,20H,10-13H2,1-2H3. The molecule has 10 nitrogen and oxygen atoms in total. The molecule has 0 aromatic heterocycles. The summed E-state index contributed by atoms with van der Waals surface area (Å²) in [5.74, 6) is 0.545. The third-order valence-corrected chi connectivity index (χ3v) is 8.79. The van der Waals surface area contributed by atoms with Crippen LogP contribution in [0.4, 0.5) is 5.69 Å². The van der Waals surface area contributed by atoms with Crippen LogP contribution in [-0.2, 0) is 20.0 Å². The maximum absolute atomic E-state index is 12.8. The van der Waals surface area contributed by atoms with Crippen LogP contribution in [0.3, 0.4) is 0 Å². The van der Waals surface area contributed by atoms with E-state index in [9.17, 15) is 26.9 Å². The van der Waals surface area contributed by atoms with Gasteiger partial charge in [0.1, 0.15) is 5.75 Å². The Kier molecular flexibility index (Phi) is 6.65. The van der Waals surface area contributed by atoms with Gasteiger partial charge in [0, 0.05) is 30.8 Å². The molecule has 0 radical (unpaired) electrons. The number of piperidine rings is 1. The van der Waals surface area contributed by atoms with Crippen molar-refractivity contribution in [1.29, 1.82) is 0 Å². The molecule has 0 spiro atoms. The van der Waals surface area contributed by atoms with Gasteiger partial charge in [0.2, 0.25) is 20.0 Å². The second-order valence-electron chi connectivity index (χ2n) is 7.13. The number of ether oxygens (including phenoxy) is 1. The molecule has 2 aromatic carbocycles. The molecule has 0 unspecified atom stereocenters. The largest absolute Gasteiger partial charge is 0.497 e. The molecule has 1 saturated heterocycles. The van der Waals surface area contributed by atoms with E-state index < -0.39 is 31.0 Å². The van der Waals surface area contributed by atoms with Crippen LogP contribution < -0.4 is 9.46 Å². The van der Waals surface area contributed by atoms with E-state index in [4.69, 9.17) is 4.74 Å². The van der Waals surface area contributed by atoms with Gasteiger partial charge in [0.05, 0.1) is 21.8 Å². The minimum absolute atomic E-state index is 0.0551. The monoisotopic (exact) mass is 469 g/mol. The molecule has 0 atom stereocenters. The van der Waals surface area contributed by atoms with Gasteiger partial charge in [-0.3, -0.25) is 10.1 Å². The normalized spacial score (nSPS) is 16.2. The first-order valence-electron chi connectivity index (χ1n) is 9.47. The first-order chi connectivity index (χ1) is 14.6. The highest BCUT2D eigenvalue weighted by Crippen LogP contribution is 2.27. The average Bonchev–Trinajstić information content (AvgIpc) is 2.73. The molecule has 0 amide bonds. The quantitative estimate of drug-likeness (QED) is 0.484. The first kappa shape index (κ1) is 23.1. The van der Waals surface area contributed by atoms with E-state index in [1.165, 1.54) is 48.7 Å². The van der Waals surface area contributed by atoms with Crippen molar-refractivity contribution < 1.29 is 26.5 Å². The van der Waals surface area contributed by atoms with Crippen molar-refractivity contribution in [1.82, 2.24) is 9.03 Å². The number of nitrogens with one attached hydrogen (secondary N) is 1. The van der Waals surface area contributed by atoms with Crippen molar-refractivity contribution in [2.75, 3.05) is 20.2 Å². The minimum Gasteiger partial charge on any atom is -0.497 e. The van der Waals surface area contributed by atoms with Crippen molar-refractivity contribution in [2.45, 2.75) is 35.6 Å². The molecule has 0 bridgehead atoms. The van der Waals surface area contributed by atoms with E-state index in [1.54, 1.807) is 12.1 Å². The van der Waals surface area contributed by atoms with E-state index in [1.807, 2.05) is 0 Å². The molecule has 2 aromatic rings. The van der Waals surface area contributed by atoms with Crippen LogP contribution in [0.15, 0.2) is 52.3 Å². The Hall–Kier alpha value is -2.54. The highest BCUT2D eigenvalue weighted by molar-refractivity contribution is 7.89. The van der Waals surface area contributed by atoms with Crippen LogP contribution >= 0.6 is 0 Å². The van der Waals surface area contributed by atoms with E-state index in [0.29, 0.717) is 5.75 Å². The lowest BCUT2D eigenvalue weighted by atomic mass is 10.1. The molecule has 12 heteroatoms. The van der Waals surface area contributed by atoms with E-state index in [2.05, 4.69) is 4.72 Å². The van der Waals surface area contributed by atoms with Crippen LogP contribution in [0.5, 0.6) is 5.75 Å². The van der Waals surface area contributed by atoms with Crippen molar-refractivity contribution in [2.24, 2.45) is 0 Å². The van der Waals surface area contributed by atoms with Gasteiger partial charge in [0.15, 0.2) is 0 Å². The highest BCUT2D eigenvalue weighted by atomic mass is 32.2. The smallest absolute Gasteiger partial charge is 0.273 e. The van der Waals surface area contributed by atoms with Crippen LogP contribution in [0.25, 0.3) is 0 Å². The summed E-state index contributed by atoms with van der Waals surface area (Å²) in [7, 11) is -6.21. The van der Waals surface area contributed by atoms with Crippen LogP contribution in [0.2, 0.25) is 0 Å². The molecule has 1 aliphatic rings. The lowest BCUT2D eigenvalue weighted by molar-refractivity contribution is -0.385. The van der Waals surface area contributed by atoms with Gasteiger partial charge in [-0.2, -0.15) is 4.31 Å². The maximum Gasteiger partial charge on any atom is 0.273 e. The predicted octanol–water partition coefficient (Wildman–Crippen LogP) is 2.04. The number of nitro benzene ring substituents is 1. The van der Waals surface area contributed by atoms with Crippen molar-refractivity contribution in [3.05, 3.63) is 58.1 Å². The number of nitrogens with zero attached hydrogens (tertiary/aromatic N) is 2. The fraction of sp³-hybridized carbons (Fsp3) is 0.368. The molecule has 1 aliphatic heterocycles. The lowest BCUT2D eigenvalue weighted by Gasteiger charge is -2.31. The van der Waals surface area contributed by atoms with Crippen molar-refractivity contribution in [3.63, 3.8) is 0 Å². The van der Waals surface area contributed by atoms with Crippen molar-refractivity contribution in [3.8, 4) is 5.75 Å². The molecule has 3 rings (SSSR count). The van der Waals surface area contributed by atoms with Gasteiger partial charge in [-0.05, 0) is 50.1 Å². The Balaban J connectivity index is 1.70. The topological polar surface area (TPSA) is 136 Å². The number of hydrogen-bond acceptors (Lipinski definition) is 7. The van der Waals surface area contributed by atoms with E-state index >= 15 is 0 Å². The summed E-state index contributed by atoms with van der Waals surface area (Å²) in [6, 6.07) is 9.46. The summed E-state index contributed by atoms with van der Waals surface area (Å²) in [6.45, 7) is 1.68. The summed E-state index contributed by atoms with van der Waals surface area (Å²) in [6.07, 6.45) is 0.561. The Morgan fingerprint density at radius 1 is 1.06 bits per heavy atom. The van der Waals surface area contributed by atoms with Gasteiger partial charge >= 0.3 is 0 Å². The summed E-state index contributed by atoms with van der Waals surface area (Å²) >= 11 is 0. The second kappa shape index (κ2) is 8.91. The third-order valence-electron chi connectivity index (χ3n) is 5.21. The molecule has 0 saturated carbocycles. The Morgan fingerprint density at radius 2 is 1.68 bits per heavy atom. The van der Waals surface area contributed by atoms with Crippen molar-refractivity contribution >= 4 is 25.7 Å². The zero-order valence-corrected chi connectivity index (χ0v) is 18.6. The molecule has 0 aliphatic carbocycles. The number of methoxy groups -OCH3 is 1. The molecule has 1 heterocycles. The molecule has 31 heavy (non-hydrogen) atoms. The first-order valence-corrected chi connectivity index (χ1v) is 12.4. The zero-order chi connectivity index (χ0) is 22.8. The fourth-order valence-electron chi connectivity index (χ4n) is 3.49. The van der Waals surface area contributed by atoms with Crippen LogP contribution in [0.1, 0.15) is 18.4 Å². The zero-order valence-electron chi connectivity index (χ0n) is 17.0. The summed E-state index contributed by atoms with van der Waals surface area (Å²) in [5, 5.41) is 11.1. The average molecular weight is 470 g/mol. The number of nitro groups is 1. The maximum atomic E-state index is 12.8. The number of hydrogen-bond donors (Lipinski definition) is 1. The predicted molar refractivity (Wildman–Crippen MR) is 113 cm³/mol. The SMILES string of the molecule is COc1ccc(S(=O)(=O)N2CCC(NS(=O)(=O)c3cccc([N+](=O)[O-])c3C)CC2)cc1. The van der Waals surface area contributed by atoms with Gasteiger partial charge in [0.25, 0.3) is 5.69 Å². The molecule has 1 fully saturated rings. The minimum atomic E-state index is -4.00. The lowest BCUT2D eigenvalue weighted by Crippen LogP contribution is -2.46. The Morgan fingerprint density at radius 3 is 2.23 bits per heavy atom. The van der Waals surface area contributed by atoms with E-state index in [-0.39, 0.29) is 47.0 Å². The summed E-state index contributed by atoms with van der Waals surface area (Å²) < 4.78 is 60.1. The van der Waals surface area contributed by atoms with Gasteiger partial charge in [-0.25, -0.2) is 21.6 Å². The highest BCUT2D eigenvalue weighted by Gasteiger charge is 2.32. The Labute approximate surface area is 181 Å². The number of sulfonamides is 2.